The summed E-state index contributed by atoms with van der Waals surface area (Å²) in [7, 11) is 0. The van der Waals surface area contributed by atoms with Crippen LogP contribution in [-0.4, -0.2) is 45.8 Å². The number of aliphatic hydroxyl groups is 4. The molecule has 3 atom stereocenters. The number of aliphatic hydroxyl groups excluding tert-OH is 4. The quantitative estimate of drug-likeness (QED) is 0.505. The Morgan fingerprint density at radius 3 is 1.83 bits per heavy atom. The molecule has 18 heavy (non-hydrogen) atoms. The SMILES string of the molecule is CCCCC(CC)(CO)C(O)C(O)C(C)(C)CO. The molecule has 0 heterocycles. The first-order valence-corrected chi connectivity index (χ1v) is 6.89. The van der Waals surface area contributed by atoms with E-state index < -0.39 is 23.0 Å². The van der Waals surface area contributed by atoms with Gasteiger partial charge in [0, 0.05) is 10.8 Å². The van der Waals surface area contributed by atoms with Crippen molar-refractivity contribution in [1.82, 2.24) is 0 Å². The first-order valence-electron chi connectivity index (χ1n) is 6.89. The summed E-state index contributed by atoms with van der Waals surface area (Å²) in [6.07, 6.45) is 1.08. The second-order valence-electron chi connectivity index (χ2n) is 6.01. The van der Waals surface area contributed by atoms with Gasteiger partial charge in [-0.3, -0.25) is 0 Å². The molecule has 0 aliphatic rings. The number of unbranched alkanes of at least 4 members (excludes halogenated alkanes) is 1. The van der Waals surface area contributed by atoms with Crippen LogP contribution in [0.5, 0.6) is 0 Å². The fraction of sp³-hybridized carbons (Fsp3) is 1.00. The van der Waals surface area contributed by atoms with Gasteiger partial charge in [-0.05, 0) is 12.8 Å². The van der Waals surface area contributed by atoms with E-state index in [0.717, 1.165) is 12.8 Å². The lowest BCUT2D eigenvalue weighted by atomic mass is 9.69. The molecule has 4 N–H and O–H groups in total. The van der Waals surface area contributed by atoms with Crippen LogP contribution in [0.3, 0.4) is 0 Å². The van der Waals surface area contributed by atoms with Crippen molar-refractivity contribution in [3.8, 4) is 0 Å². The predicted molar refractivity (Wildman–Crippen MR) is 72.2 cm³/mol. The van der Waals surface area contributed by atoms with E-state index in [1.165, 1.54) is 0 Å². The van der Waals surface area contributed by atoms with Crippen molar-refractivity contribution in [3.05, 3.63) is 0 Å². The third-order valence-corrected chi connectivity index (χ3v) is 4.18. The molecule has 0 spiro atoms. The van der Waals surface area contributed by atoms with Gasteiger partial charge in [-0.2, -0.15) is 0 Å². The molecule has 0 fully saturated rings. The Balaban J connectivity index is 5.00. The summed E-state index contributed by atoms with van der Waals surface area (Å²) in [6, 6.07) is 0. The highest BCUT2D eigenvalue weighted by atomic mass is 16.3. The molecule has 0 aromatic heterocycles. The zero-order valence-corrected chi connectivity index (χ0v) is 12.2. The third-order valence-electron chi connectivity index (χ3n) is 4.18. The molecule has 0 aromatic carbocycles. The maximum atomic E-state index is 10.4. The van der Waals surface area contributed by atoms with Crippen molar-refractivity contribution in [2.24, 2.45) is 10.8 Å². The van der Waals surface area contributed by atoms with Crippen molar-refractivity contribution < 1.29 is 20.4 Å². The van der Waals surface area contributed by atoms with E-state index in [-0.39, 0.29) is 13.2 Å². The summed E-state index contributed by atoms with van der Waals surface area (Å²) in [4.78, 5) is 0. The van der Waals surface area contributed by atoms with E-state index >= 15 is 0 Å². The molecule has 4 heteroatoms. The molecule has 0 bridgehead atoms. The van der Waals surface area contributed by atoms with E-state index in [2.05, 4.69) is 6.92 Å². The minimum absolute atomic E-state index is 0.150. The van der Waals surface area contributed by atoms with E-state index in [1.807, 2.05) is 6.92 Å². The van der Waals surface area contributed by atoms with E-state index in [4.69, 9.17) is 0 Å². The lowest BCUT2D eigenvalue weighted by Gasteiger charge is -2.42. The molecular weight excluding hydrogens is 232 g/mol. The molecule has 4 nitrogen and oxygen atoms in total. The summed E-state index contributed by atoms with van der Waals surface area (Å²) in [5, 5.41) is 39.5. The summed E-state index contributed by atoms with van der Waals surface area (Å²) in [6.45, 7) is 7.02. The Kier molecular flexibility index (Phi) is 7.37. The largest absolute Gasteiger partial charge is 0.396 e. The van der Waals surface area contributed by atoms with Crippen LogP contribution < -0.4 is 0 Å². The van der Waals surface area contributed by atoms with Gasteiger partial charge in [-0.15, -0.1) is 0 Å². The smallest absolute Gasteiger partial charge is 0.0883 e. The molecule has 110 valence electrons. The van der Waals surface area contributed by atoms with Gasteiger partial charge in [-0.1, -0.05) is 40.5 Å². The van der Waals surface area contributed by atoms with Gasteiger partial charge in [0.25, 0.3) is 0 Å². The highest BCUT2D eigenvalue weighted by Crippen LogP contribution is 2.38. The standard InChI is InChI=1S/C14H30O4/c1-5-7-8-14(6-2,10-16)12(18)11(17)13(3,4)9-15/h11-12,15-18H,5-10H2,1-4H3. The minimum Gasteiger partial charge on any atom is -0.396 e. The van der Waals surface area contributed by atoms with Crippen molar-refractivity contribution in [3.63, 3.8) is 0 Å². The Labute approximate surface area is 111 Å². The van der Waals surface area contributed by atoms with Gasteiger partial charge >= 0.3 is 0 Å². The van der Waals surface area contributed by atoms with Gasteiger partial charge in [0.15, 0.2) is 0 Å². The summed E-state index contributed by atoms with van der Waals surface area (Å²) in [5.41, 5.74) is -1.46. The molecule has 3 unspecified atom stereocenters. The number of rotatable bonds is 9. The molecular formula is C14H30O4. The van der Waals surface area contributed by atoms with Crippen molar-refractivity contribution in [1.29, 1.82) is 0 Å². The van der Waals surface area contributed by atoms with Gasteiger partial charge in [0.2, 0.25) is 0 Å². The third kappa shape index (κ3) is 3.92. The average molecular weight is 262 g/mol. The minimum atomic E-state index is -1.05. The lowest BCUT2D eigenvalue weighted by molar-refractivity contribution is -0.139. The van der Waals surface area contributed by atoms with Crippen molar-refractivity contribution >= 4 is 0 Å². The highest BCUT2D eigenvalue weighted by molar-refractivity contribution is 4.94. The number of hydrogen-bond donors (Lipinski definition) is 4. The normalized spacial score (nSPS) is 19.3. The van der Waals surface area contributed by atoms with E-state index in [0.29, 0.717) is 12.8 Å². The molecule has 0 aliphatic heterocycles. The van der Waals surface area contributed by atoms with Gasteiger partial charge < -0.3 is 20.4 Å². The fourth-order valence-corrected chi connectivity index (χ4v) is 2.20. The monoisotopic (exact) mass is 262 g/mol. The van der Waals surface area contributed by atoms with Gasteiger partial charge in [-0.25, -0.2) is 0 Å². The summed E-state index contributed by atoms with van der Waals surface area (Å²) in [5.74, 6) is 0. The predicted octanol–water partition coefficient (Wildman–Crippen LogP) is 1.31. The van der Waals surface area contributed by atoms with Crippen LogP contribution in [0.4, 0.5) is 0 Å². The number of hydrogen-bond acceptors (Lipinski definition) is 4. The van der Waals surface area contributed by atoms with Crippen molar-refractivity contribution in [2.45, 2.75) is 65.6 Å². The van der Waals surface area contributed by atoms with E-state index in [9.17, 15) is 20.4 Å². The van der Waals surface area contributed by atoms with Gasteiger partial charge in [0.1, 0.15) is 0 Å². The Morgan fingerprint density at radius 1 is 0.944 bits per heavy atom. The molecule has 0 aliphatic carbocycles. The zero-order chi connectivity index (χ0) is 14.4. The lowest BCUT2D eigenvalue weighted by Crippen LogP contribution is -2.52. The van der Waals surface area contributed by atoms with Crippen LogP contribution in [0.1, 0.15) is 53.4 Å². The maximum Gasteiger partial charge on any atom is 0.0883 e. The first-order chi connectivity index (χ1) is 8.31. The first kappa shape index (κ1) is 17.8. The molecule has 0 aromatic rings. The molecule has 0 rings (SSSR count). The average Bonchev–Trinajstić information content (AvgIpc) is 2.39. The van der Waals surface area contributed by atoms with E-state index in [1.54, 1.807) is 13.8 Å². The zero-order valence-electron chi connectivity index (χ0n) is 12.2. The van der Waals surface area contributed by atoms with Crippen LogP contribution in [0.25, 0.3) is 0 Å². The van der Waals surface area contributed by atoms with Gasteiger partial charge in [0.05, 0.1) is 25.4 Å². The molecule has 0 saturated carbocycles. The second kappa shape index (κ2) is 7.43. The summed E-state index contributed by atoms with van der Waals surface area (Å²) < 4.78 is 0. The Hall–Kier alpha value is -0.160. The topological polar surface area (TPSA) is 80.9 Å². The van der Waals surface area contributed by atoms with Crippen LogP contribution in [0, 0.1) is 10.8 Å². The Bertz CT molecular complexity index is 224. The Morgan fingerprint density at radius 2 is 1.50 bits per heavy atom. The fourth-order valence-electron chi connectivity index (χ4n) is 2.20. The van der Waals surface area contributed by atoms with Crippen LogP contribution in [0.2, 0.25) is 0 Å². The molecule has 0 saturated heterocycles. The highest BCUT2D eigenvalue weighted by Gasteiger charge is 2.44. The second-order valence-corrected chi connectivity index (χ2v) is 6.01. The summed E-state index contributed by atoms with van der Waals surface area (Å²) >= 11 is 0. The molecule has 0 amide bonds. The maximum absolute atomic E-state index is 10.4. The van der Waals surface area contributed by atoms with Crippen molar-refractivity contribution in [2.75, 3.05) is 13.2 Å². The van der Waals surface area contributed by atoms with Crippen LogP contribution in [-0.2, 0) is 0 Å². The molecule has 0 radical (unpaired) electrons. The van der Waals surface area contributed by atoms with Crippen LogP contribution >= 0.6 is 0 Å². The van der Waals surface area contributed by atoms with Crippen LogP contribution in [0.15, 0.2) is 0 Å².